The Morgan fingerprint density at radius 1 is 1.32 bits per heavy atom. The summed E-state index contributed by atoms with van der Waals surface area (Å²) in [7, 11) is 0. The Morgan fingerprint density at radius 2 is 2.12 bits per heavy atom. The highest BCUT2D eigenvalue weighted by Crippen LogP contribution is 2.19. The summed E-state index contributed by atoms with van der Waals surface area (Å²) in [5, 5.41) is 14.7. The molecule has 9 heteroatoms. The number of aryl methyl sites for hydroxylation is 3. The summed E-state index contributed by atoms with van der Waals surface area (Å²) >= 11 is 0. The van der Waals surface area contributed by atoms with E-state index in [0.717, 1.165) is 6.42 Å². The molecule has 1 amide bonds. The zero-order chi connectivity index (χ0) is 18.0. The number of nitrogens with zero attached hydrogens (tertiary/aromatic N) is 6. The lowest BCUT2D eigenvalue weighted by Gasteiger charge is -2.09. The summed E-state index contributed by atoms with van der Waals surface area (Å²) in [6.45, 7) is 6.17. The van der Waals surface area contributed by atoms with E-state index in [1.165, 1.54) is 16.8 Å². The molecule has 130 valence electrons. The quantitative estimate of drug-likeness (QED) is 0.767. The minimum atomic E-state index is -0.434. The van der Waals surface area contributed by atoms with Crippen LogP contribution in [-0.4, -0.2) is 35.7 Å². The lowest BCUT2D eigenvalue weighted by molar-refractivity contribution is 0.102. The minimum Gasteiger partial charge on any atom is -0.289 e. The van der Waals surface area contributed by atoms with Gasteiger partial charge in [0.25, 0.3) is 5.91 Å². The van der Waals surface area contributed by atoms with Gasteiger partial charge in [-0.2, -0.15) is 9.67 Å². The molecule has 3 rings (SSSR count). The highest BCUT2D eigenvalue weighted by Gasteiger charge is 2.17. The van der Waals surface area contributed by atoms with Crippen molar-refractivity contribution in [3.8, 4) is 5.69 Å². The maximum Gasteiger partial charge on any atom is 0.280 e. The van der Waals surface area contributed by atoms with Crippen LogP contribution in [0.15, 0.2) is 24.4 Å². The number of anilines is 1. The van der Waals surface area contributed by atoms with Crippen LogP contribution in [0.2, 0.25) is 0 Å². The van der Waals surface area contributed by atoms with Crippen LogP contribution < -0.4 is 5.32 Å². The van der Waals surface area contributed by atoms with Crippen molar-refractivity contribution >= 4 is 11.9 Å². The normalized spacial score (nSPS) is 10.9. The average Bonchev–Trinajstić information content (AvgIpc) is 3.15. The predicted molar refractivity (Wildman–Crippen MR) is 89.1 cm³/mol. The van der Waals surface area contributed by atoms with Crippen molar-refractivity contribution in [3.05, 3.63) is 47.3 Å². The minimum absolute atomic E-state index is 0.191. The van der Waals surface area contributed by atoms with Crippen LogP contribution in [0.25, 0.3) is 5.69 Å². The summed E-state index contributed by atoms with van der Waals surface area (Å²) in [6.07, 6.45) is 2.47. The Labute approximate surface area is 143 Å². The van der Waals surface area contributed by atoms with E-state index in [-0.39, 0.29) is 17.5 Å². The lowest BCUT2D eigenvalue weighted by Crippen LogP contribution is -2.16. The SMILES string of the molecule is CCCn1cc(C(=O)Nc2nc(C)nn2-c2ccc(F)cc2C)nn1. The van der Waals surface area contributed by atoms with Gasteiger partial charge in [-0.1, -0.05) is 12.1 Å². The molecule has 0 radical (unpaired) electrons. The topological polar surface area (TPSA) is 90.5 Å². The maximum absolute atomic E-state index is 13.3. The molecule has 0 aliphatic heterocycles. The number of hydrogen-bond donors (Lipinski definition) is 1. The summed E-state index contributed by atoms with van der Waals surface area (Å²) in [5.74, 6) is -0.0529. The van der Waals surface area contributed by atoms with Crippen molar-refractivity contribution in [1.82, 2.24) is 29.8 Å². The Hall–Kier alpha value is -3.10. The zero-order valence-electron chi connectivity index (χ0n) is 14.2. The van der Waals surface area contributed by atoms with Crippen LogP contribution in [-0.2, 0) is 6.54 Å². The van der Waals surface area contributed by atoms with Crippen LogP contribution in [0.4, 0.5) is 10.3 Å². The van der Waals surface area contributed by atoms with Gasteiger partial charge in [-0.25, -0.2) is 4.39 Å². The number of nitrogens with one attached hydrogen (secondary N) is 1. The summed E-state index contributed by atoms with van der Waals surface area (Å²) in [4.78, 5) is 16.6. The predicted octanol–water partition coefficient (Wildman–Crippen LogP) is 2.28. The van der Waals surface area contributed by atoms with Crippen molar-refractivity contribution in [3.63, 3.8) is 0 Å². The molecule has 0 saturated carbocycles. The van der Waals surface area contributed by atoms with Crippen molar-refractivity contribution in [1.29, 1.82) is 0 Å². The van der Waals surface area contributed by atoms with E-state index in [0.29, 0.717) is 23.6 Å². The standard InChI is InChI=1S/C16H18FN7O/c1-4-7-23-9-13(20-22-23)15(25)19-16-18-11(3)21-24(16)14-6-5-12(17)8-10(14)2/h5-6,8-9H,4,7H2,1-3H3,(H,18,19,21,25). The van der Waals surface area contributed by atoms with Crippen molar-refractivity contribution in [2.24, 2.45) is 0 Å². The fourth-order valence-electron chi connectivity index (χ4n) is 2.43. The Morgan fingerprint density at radius 3 is 2.84 bits per heavy atom. The second-order valence-electron chi connectivity index (χ2n) is 5.65. The molecule has 0 spiro atoms. The second-order valence-corrected chi connectivity index (χ2v) is 5.65. The third-order valence-corrected chi connectivity index (χ3v) is 3.55. The van der Waals surface area contributed by atoms with E-state index in [2.05, 4.69) is 25.7 Å². The molecule has 0 unspecified atom stereocenters. The average molecular weight is 343 g/mol. The Kier molecular flexibility index (Phi) is 4.55. The number of benzene rings is 1. The first-order chi connectivity index (χ1) is 12.0. The van der Waals surface area contributed by atoms with E-state index >= 15 is 0 Å². The third-order valence-electron chi connectivity index (χ3n) is 3.55. The fourth-order valence-corrected chi connectivity index (χ4v) is 2.43. The van der Waals surface area contributed by atoms with Crippen LogP contribution in [0, 0.1) is 19.7 Å². The number of carbonyl (C=O) groups is 1. The molecule has 2 heterocycles. The van der Waals surface area contributed by atoms with E-state index in [4.69, 9.17) is 0 Å². The van der Waals surface area contributed by atoms with Gasteiger partial charge in [0.2, 0.25) is 5.95 Å². The van der Waals surface area contributed by atoms with Gasteiger partial charge in [0, 0.05) is 6.54 Å². The van der Waals surface area contributed by atoms with Gasteiger partial charge in [0.1, 0.15) is 11.6 Å². The first-order valence-corrected chi connectivity index (χ1v) is 7.89. The number of halogens is 1. The van der Waals surface area contributed by atoms with E-state index < -0.39 is 5.91 Å². The van der Waals surface area contributed by atoms with Gasteiger partial charge in [0.15, 0.2) is 5.69 Å². The molecule has 8 nitrogen and oxygen atoms in total. The lowest BCUT2D eigenvalue weighted by atomic mass is 10.2. The fraction of sp³-hybridized carbons (Fsp3) is 0.312. The number of amides is 1. The molecule has 0 aliphatic rings. The molecule has 0 aliphatic carbocycles. The number of hydrogen-bond acceptors (Lipinski definition) is 5. The van der Waals surface area contributed by atoms with Crippen molar-refractivity contribution < 1.29 is 9.18 Å². The monoisotopic (exact) mass is 343 g/mol. The van der Waals surface area contributed by atoms with Gasteiger partial charge in [-0.05, 0) is 44.0 Å². The smallest absolute Gasteiger partial charge is 0.280 e. The summed E-state index contributed by atoms with van der Waals surface area (Å²) < 4.78 is 16.4. The molecule has 0 fully saturated rings. The van der Waals surface area contributed by atoms with Crippen molar-refractivity contribution in [2.45, 2.75) is 33.7 Å². The number of rotatable bonds is 5. The molecular formula is C16H18FN7O. The molecule has 1 aromatic carbocycles. The molecule has 2 aromatic heterocycles. The van der Waals surface area contributed by atoms with Gasteiger partial charge < -0.3 is 0 Å². The van der Waals surface area contributed by atoms with Crippen LogP contribution in [0.1, 0.15) is 35.2 Å². The molecule has 0 atom stereocenters. The highest BCUT2D eigenvalue weighted by molar-refractivity contribution is 6.01. The second kappa shape index (κ2) is 6.80. The molecule has 25 heavy (non-hydrogen) atoms. The molecule has 0 bridgehead atoms. The van der Waals surface area contributed by atoms with Crippen LogP contribution in [0.5, 0.6) is 0 Å². The van der Waals surface area contributed by atoms with Gasteiger partial charge in [-0.3, -0.25) is 14.8 Å². The van der Waals surface area contributed by atoms with Gasteiger partial charge in [0.05, 0.1) is 11.9 Å². The first kappa shape index (κ1) is 16.7. The largest absolute Gasteiger partial charge is 0.289 e. The first-order valence-electron chi connectivity index (χ1n) is 7.89. The van der Waals surface area contributed by atoms with Crippen LogP contribution >= 0.6 is 0 Å². The van der Waals surface area contributed by atoms with Crippen LogP contribution in [0.3, 0.4) is 0 Å². The highest BCUT2D eigenvalue weighted by atomic mass is 19.1. The van der Waals surface area contributed by atoms with E-state index in [9.17, 15) is 9.18 Å². The molecule has 3 aromatic rings. The zero-order valence-corrected chi connectivity index (χ0v) is 14.2. The molecular weight excluding hydrogens is 325 g/mol. The number of carbonyl (C=O) groups excluding carboxylic acids is 1. The summed E-state index contributed by atoms with van der Waals surface area (Å²) in [6, 6.07) is 4.32. The maximum atomic E-state index is 13.3. The van der Waals surface area contributed by atoms with Crippen molar-refractivity contribution in [2.75, 3.05) is 5.32 Å². The summed E-state index contributed by atoms with van der Waals surface area (Å²) in [5.41, 5.74) is 1.50. The number of aromatic nitrogens is 6. The molecule has 1 N–H and O–H groups in total. The Bertz CT molecular complexity index is 915. The third kappa shape index (κ3) is 3.54. The van der Waals surface area contributed by atoms with Gasteiger partial charge in [-0.15, -0.1) is 10.2 Å². The van der Waals surface area contributed by atoms with E-state index in [1.54, 1.807) is 30.8 Å². The van der Waals surface area contributed by atoms with Gasteiger partial charge >= 0.3 is 0 Å². The Balaban J connectivity index is 1.89. The van der Waals surface area contributed by atoms with E-state index in [1.807, 2.05) is 6.92 Å². The molecule has 0 saturated heterocycles.